The Morgan fingerprint density at radius 1 is 1.53 bits per heavy atom. The highest BCUT2D eigenvalue weighted by molar-refractivity contribution is 6.33. The number of amides is 2. The van der Waals surface area contributed by atoms with Crippen molar-refractivity contribution in [2.75, 3.05) is 12.0 Å². The molecule has 2 amide bonds. The fourth-order valence-corrected chi connectivity index (χ4v) is 1.98. The number of pyridine rings is 1. The van der Waals surface area contributed by atoms with E-state index in [-0.39, 0.29) is 28.6 Å². The van der Waals surface area contributed by atoms with Gasteiger partial charge in [-0.25, -0.2) is 10.8 Å². The second-order valence-corrected chi connectivity index (χ2v) is 4.59. The van der Waals surface area contributed by atoms with Crippen molar-refractivity contribution in [1.29, 1.82) is 0 Å². The van der Waals surface area contributed by atoms with E-state index in [1.54, 1.807) is 12.1 Å². The summed E-state index contributed by atoms with van der Waals surface area (Å²) in [7, 11) is 0. The van der Waals surface area contributed by atoms with Crippen molar-refractivity contribution >= 4 is 29.2 Å². The maximum absolute atomic E-state index is 12.0. The second-order valence-electron chi connectivity index (χ2n) is 4.18. The van der Waals surface area contributed by atoms with Gasteiger partial charge in [-0.05, 0) is 18.6 Å². The molecule has 0 aromatic carbocycles. The van der Waals surface area contributed by atoms with Crippen LogP contribution in [0.15, 0.2) is 12.1 Å². The largest absolute Gasteiger partial charge is 0.354 e. The van der Waals surface area contributed by atoms with E-state index in [4.69, 9.17) is 17.4 Å². The molecule has 1 aliphatic heterocycles. The Morgan fingerprint density at radius 2 is 2.32 bits per heavy atom. The average Bonchev–Trinajstić information content (AvgIpc) is 2.42. The van der Waals surface area contributed by atoms with Crippen LogP contribution in [-0.4, -0.2) is 29.4 Å². The van der Waals surface area contributed by atoms with Crippen LogP contribution in [0.1, 0.15) is 23.3 Å². The molecule has 5 N–H and O–H groups in total. The second kappa shape index (κ2) is 5.85. The van der Waals surface area contributed by atoms with E-state index < -0.39 is 0 Å². The van der Waals surface area contributed by atoms with E-state index in [9.17, 15) is 9.59 Å². The first-order valence-electron chi connectivity index (χ1n) is 5.81. The molecular formula is C11H14ClN5O2. The molecule has 0 aliphatic carbocycles. The van der Waals surface area contributed by atoms with Crippen LogP contribution in [0, 0.1) is 0 Å². The molecule has 1 atom stereocenters. The first-order valence-corrected chi connectivity index (χ1v) is 6.18. The van der Waals surface area contributed by atoms with Crippen LogP contribution in [0.2, 0.25) is 5.02 Å². The van der Waals surface area contributed by atoms with E-state index in [1.807, 2.05) is 0 Å². The van der Waals surface area contributed by atoms with Crippen molar-refractivity contribution in [2.45, 2.75) is 18.9 Å². The smallest absolute Gasteiger partial charge is 0.271 e. The Morgan fingerprint density at radius 3 is 2.95 bits per heavy atom. The third kappa shape index (κ3) is 3.33. The van der Waals surface area contributed by atoms with E-state index in [0.717, 1.165) is 0 Å². The SMILES string of the molecule is NNc1ccc(Cl)c(C(=O)NC2CCC(=O)NC2)n1. The van der Waals surface area contributed by atoms with Crippen molar-refractivity contribution in [2.24, 2.45) is 5.84 Å². The predicted molar refractivity (Wildman–Crippen MR) is 70.6 cm³/mol. The third-order valence-corrected chi connectivity index (χ3v) is 3.11. The van der Waals surface area contributed by atoms with E-state index in [1.165, 1.54) is 0 Å². The van der Waals surface area contributed by atoms with Crippen LogP contribution in [-0.2, 0) is 4.79 Å². The molecule has 1 aromatic rings. The molecule has 2 rings (SSSR count). The zero-order chi connectivity index (χ0) is 13.8. The fourth-order valence-electron chi connectivity index (χ4n) is 1.79. The van der Waals surface area contributed by atoms with Gasteiger partial charge in [-0.1, -0.05) is 11.6 Å². The van der Waals surface area contributed by atoms with Crippen LogP contribution >= 0.6 is 11.6 Å². The average molecular weight is 284 g/mol. The number of anilines is 1. The molecule has 1 saturated heterocycles. The molecule has 2 heterocycles. The molecule has 0 radical (unpaired) electrons. The van der Waals surface area contributed by atoms with Gasteiger partial charge in [0, 0.05) is 19.0 Å². The fraction of sp³-hybridized carbons (Fsp3) is 0.364. The lowest BCUT2D eigenvalue weighted by Gasteiger charge is -2.23. The van der Waals surface area contributed by atoms with E-state index in [2.05, 4.69) is 21.0 Å². The maximum atomic E-state index is 12.0. The van der Waals surface area contributed by atoms with Gasteiger partial charge in [0.25, 0.3) is 5.91 Å². The summed E-state index contributed by atoms with van der Waals surface area (Å²) in [6, 6.07) is 3.00. The summed E-state index contributed by atoms with van der Waals surface area (Å²) in [5, 5.41) is 5.71. The number of rotatable bonds is 3. The number of halogens is 1. The highest BCUT2D eigenvalue weighted by atomic mass is 35.5. The molecular weight excluding hydrogens is 270 g/mol. The van der Waals surface area contributed by atoms with Crippen LogP contribution in [0.25, 0.3) is 0 Å². The molecule has 1 unspecified atom stereocenters. The van der Waals surface area contributed by atoms with Gasteiger partial charge in [0.05, 0.1) is 5.02 Å². The zero-order valence-corrected chi connectivity index (χ0v) is 10.8. The monoisotopic (exact) mass is 283 g/mol. The number of piperidine rings is 1. The van der Waals surface area contributed by atoms with Crippen molar-refractivity contribution in [1.82, 2.24) is 15.6 Å². The summed E-state index contributed by atoms with van der Waals surface area (Å²) in [6.07, 6.45) is 1.00. The first-order chi connectivity index (χ1) is 9.10. The molecule has 1 fully saturated rings. The van der Waals surface area contributed by atoms with Gasteiger partial charge in [0.15, 0.2) is 0 Å². The number of nitrogens with zero attached hydrogens (tertiary/aromatic N) is 1. The summed E-state index contributed by atoms with van der Waals surface area (Å²) < 4.78 is 0. The van der Waals surface area contributed by atoms with Gasteiger partial charge >= 0.3 is 0 Å². The Hall–Kier alpha value is -1.86. The number of carbonyl (C=O) groups excluding carboxylic acids is 2. The molecule has 0 saturated carbocycles. The summed E-state index contributed by atoms with van der Waals surface area (Å²) in [6.45, 7) is 0.414. The standard InChI is InChI=1S/C11H14ClN5O2/c12-7-2-3-8(17-13)16-10(7)11(19)15-6-1-4-9(18)14-5-6/h2-3,6H,1,4-5,13H2,(H,14,18)(H,15,19)(H,16,17). The summed E-state index contributed by atoms with van der Waals surface area (Å²) in [5.41, 5.74) is 2.46. The highest BCUT2D eigenvalue weighted by Crippen LogP contribution is 2.16. The Balaban J connectivity index is 2.05. The van der Waals surface area contributed by atoms with Crippen LogP contribution < -0.4 is 21.9 Å². The molecule has 1 aliphatic rings. The van der Waals surface area contributed by atoms with Gasteiger partial charge in [0.1, 0.15) is 11.5 Å². The minimum Gasteiger partial charge on any atom is -0.354 e. The minimum atomic E-state index is -0.386. The van der Waals surface area contributed by atoms with Crippen LogP contribution in [0.5, 0.6) is 0 Å². The number of hydrogen-bond acceptors (Lipinski definition) is 5. The lowest BCUT2D eigenvalue weighted by atomic mass is 10.1. The number of nitrogens with two attached hydrogens (primary N) is 1. The molecule has 1 aromatic heterocycles. The molecule has 8 heteroatoms. The zero-order valence-electron chi connectivity index (χ0n) is 10.1. The summed E-state index contributed by atoms with van der Waals surface area (Å²) in [5.74, 6) is 5.20. The van der Waals surface area contributed by atoms with Crippen molar-refractivity contribution in [3.05, 3.63) is 22.8 Å². The molecule has 102 valence electrons. The molecule has 7 nitrogen and oxygen atoms in total. The maximum Gasteiger partial charge on any atom is 0.271 e. The highest BCUT2D eigenvalue weighted by Gasteiger charge is 2.22. The quantitative estimate of drug-likeness (QED) is 0.462. The van der Waals surface area contributed by atoms with Crippen molar-refractivity contribution in [3.63, 3.8) is 0 Å². The van der Waals surface area contributed by atoms with Gasteiger partial charge < -0.3 is 16.1 Å². The van der Waals surface area contributed by atoms with Crippen molar-refractivity contribution < 1.29 is 9.59 Å². The number of carbonyl (C=O) groups is 2. The molecule has 0 spiro atoms. The molecule has 19 heavy (non-hydrogen) atoms. The van der Waals surface area contributed by atoms with Crippen LogP contribution in [0.4, 0.5) is 5.82 Å². The predicted octanol–water partition coefficient (Wildman–Crippen LogP) is 0.0290. The first kappa shape index (κ1) is 13.6. The van der Waals surface area contributed by atoms with Gasteiger partial charge in [0.2, 0.25) is 5.91 Å². The Kier molecular flexibility index (Phi) is 4.18. The normalized spacial score (nSPS) is 18.6. The van der Waals surface area contributed by atoms with Crippen LogP contribution in [0.3, 0.4) is 0 Å². The van der Waals surface area contributed by atoms with Gasteiger partial charge in [-0.3, -0.25) is 9.59 Å². The summed E-state index contributed by atoms with van der Waals surface area (Å²) >= 11 is 5.93. The number of hydrazine groups is 1. The number of nitrogens with one attached hydrogen (secondary N) is 3. The minimum absolute atomic E-state index is 0.00372. The topological polar surface area (TPSA) is 109 Å². The van der Waals surface area contributed by atoms with Crippen molar-refractivity contribution in [3.8, 4) is 0 Å². The third-order valence-electron chi connectivity index (χ3n) is 2.81. The number of hydrogen-bond donors (Lipinski definition) is 4. The van der Waals surface area contributed by atoms with E-state index >= 15 is 0 Å². The van der Waals surface area contributed by atoms with E-state index in [0.29, 0.717) is 25.2 Å². The number of aromatic nitrogens is 1. The van der Waals surface area contributed by atoms with Gasteiger partial charge in [-0.15, -0.1) is 0 Å². The summed E-state index contributed by atoms with van der Waals surface area (Å²) in [4.78, 5) is 27.1. The molecule has 0 bridgehead atoms. The Labute approximate surface area is 114 Å². The lowest BCUT2D eigenvalue weighted by molar-refractivity contribution is -0.122. The Bertz CT molecular complexity index is 498. The van der Waals surface area contributed by atoms with Gasteiger partial charge in [-0.2, -0.15) is 0 Å². The lowest BCUT2D eigenvalue weighted by Crippen LogP contribution is -2.47. The number of nitrogen functional groups attached to an aromatic ring is 1.